The van der Waals surface area contributed by atoms with E-state index in [1.54, 1.807) is 0 Å². The molecule has 0 aliphatic carbocycles. The van der Waals surface area contributed by atoms with Crippen LogP contribution in [0.15, 0.2) is 24.3 Å². The van der Waals surface area contributed by atoms with Crippen molar-refractivity contribution in [2.24, 2.45) is 0 Å². The van der Waals surface area contributed by atoms with E-state index in [0.29, 0.717) is 6.54 Å². The van der Waals surface area contributed by atoms with Crippen molar-refractivity contribution < 1.29 is 5.11 Å². The summed E-state index contributed by atoms with van der Waals surface area (Å²) in [4.78, 5) is 6.93. The van der Waals surface area contributed by atoms with E-state index < -0.39 is 0 Å². The number of aliphatic hydroxyl groups is 1. The standard InChI is InChI=1S/C14H19N3O/c1-2-17-13-8-4-3-7-12(13)15-14(17)16-9-5-6-11(18)10-16/h3-4,7-8,11,18H,2,5-6,9-10H2,1H3. The zero-order valence-corrected chi connectivity index (χ0v) is 10.7. The van der Waals surface area contributed by atoms with Crippen LogP contribution in [-0.2, 0) is 6.54 Å². The molecule has 0 radical (unpaired) electrons. The fourth-order valence-electron chi connectivity index (χ4n) is 2.75. The molecule has 0 spiro atoms. The Morgan fingerprint density at radius 1 is 1.39 bits per heavy atom. The number of para-hydroxylation sites is 2. The summed E-state index contributed by atoms with van der Waals surface area (Å²) < 4.78 is 2.23. The highest BCUT2D eigenvalue weighted by atomic mass is 16.3. The molecule has 1 N–H and O–H groups in total. The summed E-state index contributed by atoms with van der Waals surface area (Å²) in [6, 6.07) is 8.22. The van der Waals surface area contributed by atoms with Crippen molar-refractivity contribution in [1.29, 1.82) is 0 Å². The average Bonchev–Trinajstić information content (AvgIpc) is 2.77. The SMILES string of the molecule is CCn1c(N2CCCC(O)C2)nc2ccccc21. The molecule has 0 amide bonds. The number of imidazole rings is 1. The molecule has 0 saturated carbocycles. The molecule has 1 aliphatic rings. The number of hydrogen-bond donors (Lipinski definition) is 1. The second-order valence-electron chi connectivity index (χ2n) is 4.89. The van der Waals surface area contributed by atoms with Crippen LogP contribution in [0.4, 0.5) is 5.95 Å². The largest absolute Gasteiger partial charge is 0.391 e. The second-order valence-corrected chi connectivity index (χ2v) is 4.89. The van der Waals surface area contributed by atoms with Crippen molar-refractivity contribution in [2.75, 3.05) is 18.0 Å². The number of anilines is 1. The molecule has 4 heteroatoms. The molecule has 96 valence electrons. The number of piperidine rings is 1. The van der Waals surface area contributed by atoms with Crippen LogP contribution in [0.5, 0.6) is 0 Å². The summed E-state index contributed by atoms with van der Waals surface area (Å²) in [5.74, 6) is 0.998. The summed E-state index contributed by atoms with van der Waals surface area (Å²) in [7, 11) is 0. The van der Waals surface area contributed by atoms with E-state index in [0.717, 1.165) is 37.4 Å². The lowest BCUT2D eigenvalue weighted by atomic mass is 10.1. The first-order valence-electron chi connectivity index (χ1n) is 6.68. The third-order valence-corrected chi connectivity index (χ3v) is 3.63. The third-order valence-electron chi connectivity index (χ3n) is 3.63. The van der Waals surface area contributed by atoms with Gasteiger partial charge >= 0.3 is 0 Å². The highest BCUT2D eigenvalue weighted by Gasteiger charge is 2.22. The van der Waals surface area contributed by atoms with Crippen LogP contribution >= 0.6 is 0 Å². The van der Waals surface area contributed by atoms with Crippen LogP contribution in [0.3, 0.4) is 0 Å². The van der Waals surface area contributed by atoms with Gasteiger partial charge in [0.05, 0.1) is 17.1 Å². The minimum atomic E-state index is -0.219. The molecule has 2 heterocycles. The lowest BCUT2D eigenvalue weighted by molar-refractivity contribution is 0.153. The number of hydrogen-bond acceptors (Lipinski definition) is 3. The van der Waals surface area contributed by atoms with Crippen molar-refractivity contribution in [1.82, 2.24) is 9.55 Å². The highest BCUT2D eigenvalue weighted by Crippen LogP contribution is 2.25. The van der Waals surface area contributed by atoms with Gasteiger partial charge in [-0.15, -0.1) is 0 Å². The van der Waals surface area contributed by atoms with E-state index in [1.807, 2.05) is 18.2 Å². The maximum atomic E-state index is 9.80. The lowest BCUT2D eigenvalue weighted by Crippen LogP contribution is -2.39. The summed E-state index contributed by atoms with van der Waals surface area (Å²) in [6.45, 7) is 4.73. The summed E-state index contributed by atoms with van der Waals surface area (Å²) in [6.07, 6.45) is 1.72. The van der Waals surface area contributed by atoms with Crippen molar-refractivity contribution in [3.8, 4) is 0 Å². The Hall–Kier alpha value is -1.55. The molecule has 18 heavy (non-hydrogen) atoms. The monoisotopic (exact) mass is 245 g/mol. The molecule has 2 aromatic rings. The number of aromatic nitrogens is 2. The smallest absolute Gasteiger partial charge is 0.206 e. The number of aliphatic hydroxyl groups excluding tert-OH is 1. The van der Waals surface area contributed by atoms with Gasteiger partial charge in [-0.2, -0.15) is 0 Å². The average molecular weight is 245 g/mol. The first kappa shape index (κ1) is 11.5. The quantitative estimate of drug-likeness (QED) is 0.880. The number of β-amino-alcohol motifs (C(OH)–C–C–N with tert-alkyl or cyclic N) is 1. The minimum Gasteiger partial charge on any atom is -0.391 e. The zero-order chi connectivity index (χ0) is 12.5. The topological polar surface area (TPSA) is 41.3 Å². The van der Waals surface area contributed by atoms with Gasteiger partial charge < -0.3 is 14.6 Å². The Balaban J connectivity index is 2.05. The number of aryl methyl sites for hydroxylation is 1. The van der Waals surface area contributed by atoms with Crippen LogP contribution < -0.4 is 4.90 Å². The molecular formula is C14H19N3O. The maximum absolute atomic E-state index is 9.80. The molecule has 0 bridgehead atoms. The molecule has 1 saturated heterocycles. The van der Waals surface area contributed by atoms with Crippen LogP contribution in [0.25, 0.3) is 11.0 Å². The van der Waals surface area contributed by atoms with Gasteiger partial charge in [-0.25, -0.2) is 4.98 Å². The molecule has 1 unspecified atom stereocenters. The van der Waals surface area contributed by atoms with Gasteiger partial charge in [-0.1, -0.05) is 12.1 Å². The molecule has 1 aromatic carbocycles. The Bertz CT molecular complexity index is 549. The van der Waals surface area contributed by atoms with Gasteiger partial charge in [0.15, 0.2) is 0 Å². The second kappa shape index (κ2) is 4.61. The molecule has 1 aromatic heterocycles. The normalized spacial score (nSPS) is 20.6. The third kappa shape index (κ3) is 1.86. The first-order chi connectivity index (χ1) is 8.79. The van der Waals surface area contributed by atoms with Gasteiger partial charge in [-0.3, -0.25) is 0 Å². The van der Waals surface area contributed by atoms with Crippen molar-refractivity contribution in [2.45, 2.75) is 32.4 Å². The van der Waals surface area contributed by atoms with Crippen LogP contribution in [-0.4, -0.2) is 33.9 Å². The molecule has 1 aliphatic heterocycles. The van der Waals surface area contributed by atoms with Crippen LogP contribution in [0.2, 0.25) is 0 Å². The van der Waals surface area contributed by atoms with Crippen LogP contribution in [0.1, 0.15) is 19.8 Å². The van der Waals surface area contributed by atoms with E-state index in [4.69, 9.17) is 4.98 Å². The Kier molecular flexibility index (Phi) is 2.96. The van der Waals surface area contributed by atoms with Crippen LogP contribution in [0, 0.1) is 0 Å². The van der Waals surface area contributed by atoms with E-state index in [-0.39, 0.29) is 6.10 Å². The first-order valence-corrected chi connectivity index (χ1v) is 6.68. The molecule has 1 fully saturated rings. The van der Waals surface area contributed by atoms with Gasteiger partial charge in [0.1, 0.15) is 0 Å². The summed E-state index contributed by atoms with van der Waals surface area (Å²) in [5, 5.41) is 9.80. The minimum absolute atomic E-state index is 0.219. The van der Waals surface area contributed by atoms with Gasteiger partial charge in [0.25, 0.3) is 0 Å². The molecular weight excluding hydrogens is 226 g/mol. The summed E-state index contributed by atoms with van der Waals surface area (Å²) in [5.41, 5.74) is 2.21. The Labute approximate surface area is 107 Å². The molecule has 3 rings (SSSR count). The number of benzene rings is 1. The van der Waals surface area contributed by atoms with Gasteiger partial charge in [0, 0.05) is 19.6 Å². The Morgan fingerprint density at radius 2 is 2.22 bits per heavy atom. The number of rotatable bonds is 2. The number of fused-ring (bicyclic) bond motifs is 1. The van der Waals surface area contributed by atoms with Gasteiger partial charge in [-0.05, 0) is 31.9 Å². The summed E-state index contributed by atoms with van der Waals surface area (Å²) >= 11 is 0. The van der Waals surface area contributed by atoms with E-state index >= 15 is 0 Å². The van der Waals surface area contributed by atoms with E-state index in [9.17, 15) is 5.11 Å². The predicted molar refractivity (Wildman–Crippen MR) is 72.9 cm³/mol. The fraction of sp³-hybridized carbons (Fsp3) is 0.500. The number of nitrogens with zero attached hydrogens (tertiary/aromatic N) is 3. The lowest BCUT2D eigenvalue weighted by Gasteiger charge is -2.31. The maximum Gasteiger partial charge on any atom is 0.206 e. The highest BCUT2D eigenvalue weighted by molar-refractivity contribution is 5.78. The molecule has 1 atom stereocenters. The van der Waals surface area contributed by atoms with Gasteiger partial charge in [0.2, 0.25) is 5.95 Å². The van der Waals surface area contributed by atoms with Crippen molar-refractivity contribution in [3.05, 3.63) is 24.3 Å². The zero-order valence-electron chi connectivity index (χ0n) is 10.7. The van der Waals surface area contributed by atoms with E-state index in [2.05, 4.69) is 22.5 Å². The van der Waals surface area contributed by atoms with Crippen molar-refractivity contribution in [3.63, 3.8) is 0 Å². The fourth-order valence-corrected chi connectivity index (χ4v) is 2.75. The molecule has 4 nitrogen and oxygen atoms in total. The van der Waals surface area contributed by atoms with Crippen molar-refractivity contribution >= 4 is 17.0 Å². The predicted octanol–water partition coefficient (Wildman–Crippen LogP) is 2.02. The Morgan fingerprint density at radius 3 is 3.00 bits per heavy atom. The van der Waals surface area contributed by atoms with E-state index in [1.165, 1.54) is 5.52 Å².